The van der Waals surface area contributed by atoms with Gasteiger partial charge < -0.3 is 19.4 Å². The third kappa shape index (κ3) is 5.05. The van der Waals surface area contributed by atoms with Crippen molar-refractivity contribution in [3.05, 3.63) is 142 Å². The Hall–Kier alpha value is -4.48. The van der Waals surface area contributed by atoms with Crippen LogP contribution in [0.1, 0.15) is 32.6 Å². The van der Waals surface area contributed by atoms with Crippen molar-refractivity contribution in [2.24, 2.45) is 0 Å². The highest BCUT2D eigenvalue weighted by atomic mass is 35.5. The molecule has 6 heteroatoms. The largest absolute Gasteiger partial charge is 0.441 e. The number of cyclic esters (lactones) is 1. The lowest BCUT2D eigenvalue weighted by Crippen LogP contribution is -2.31. The Morgan fingerprint density at radius 2 is 1.19 bits per heavy atom. The van der Waals surface area contributed by atoms with Crippen LogP contribution in [0, 0.1) is 0 Å². The molecule has 1 unspecified atom stereocenters. The molecule has 0 aliphatic carbocycles. The number of carbonyl (C=O) groups excluding carboxylic acids is 1. The van der Waals surface area contributed by atoms with Crippen molar-refractivity contribution >= 4 is 40.2 Å². The van der Waals surface area contributed by atoms with Crippen molar-refractivity contribution in [1.82, 2.24) is 0 Å². The molecular weight excluding hydrogens is 542 g/mol. The zero-order valence-corrected chi connectivity index (χ0v) is 25.7. The molecule has 5 nitrogen and oxygen atoms in total. The van der Waals surface area contributed by atoms with Gasteiger partial charge in [-0.05, 0) is 65.2 Å². The number of hydrogen-bond acceptors (Lipinski definition) is 5. The number of hydrogen-bond donors (Lipinski definition) is 0. The van der Waals surface area contributed by atoms with Gasteiger partial charge in [-0.1, -0.05) is 66.7 Å². The molecule has 1 heterocycles. The van der Waals surface area contributed by atoms with E-state index in [0.717, 1.165) is 50.5 Å². The lowest BCUT2D eigenvalue weighted by Gasteiger charge is -2.33. The van der Waals surface area contributed by atoms with Gasteiger partial charge in [-0.25, -0.2) is 4.79 Å². The van der Waals surface area contributed by atoms with E-state index < -0.39 is 5.60 Å². The van der Waals surface area contributed by atoms with E-state index in [4.69, 9.17) is 16.3 Å². The highest BCUT2D eigenvalue weighted by Crippen LogP contribution is 2.51. The molecule has 5 rings (SSSR count). The number of anilines is 3. The fraction of sp³-hybridized carbons (Fsp3) is 0.194. The summed E-state index contributed by atoms with van der Waals surface area (Å²) in [6.07, 6.45) is 1.83. The van der Waals surface area contributed by atoms with E-state index >= 15 is 0 Å². The lowest BCUT2D eigenvalue weighted by atomic mass is 9.75. The Morgan fingerprint density at radius 1 is 0.714 bits per heavy atom. The molecular formula is C36H36ClN3O2. The molecule has 0 radical (unpaired) electrons. The molecule has 4 aromatic rings. The molecule has 1 aliphatic heterocycles. The summed E-state index contributed by atoms with van der Waals surface area (Å²) in [7, 11) is 12.0. The van der Waals surface area contributed by atoms with E-state index in [9.17, 15) is 4.79 Å². The number of nitrogens with zero attached hydrogens (tertiary/aromatic N) is 3. The average molecular weight is 578 g/mol. The van der Waals surface area contributed by atoms with Gasteiger partial charge in [0, 0.05) is 81.1 Å². The number of ether oxygens (including phenoxy) is 1. The zero-order chi connectivity index (χ0) is 30.2. The summed E-state index contributed by atoms with van der Waals surface area (Å²) in [5.74, 6) is -0.381. The standard InChI is InChI=1S/C36H36ClN3O2/c1-8-32(34(24-9-17-28(18-10-24)38(2)3)25-11-19-29(20-12-25)39(4)5)36(26-13-15-27(37)16-14-26)33-22-21-30(40(6)7)23-31(33)35(41)42-36/h8-23H,1H2,2-7H3. The first kappa shape index (κ1) is 29.0. The third-order valence-corrected chi connectivity index (χ3v) is 8.06. The molecule has 214 valence electrons. The van der Waals surface area contributed by atoms with Crippen molar-refractivity contribution in [1.29, 1.82) is 0 Å². The Kier molecular flexibility index (Phi) is 7.89. The molecule has 0 bridgehead atoms. The second-order valence-corrected chi connectivity index (χ2v) is 11.5. The zero-order valence-electron chi connectivity index (χ0n) is 25.0. The summed E-state index contributed by atoms with van der Waals surface area (Å²) in [5, 5.41) is 0.601. The SMILES string of the molecule is C=CC(=C(c1ccc(N(C)C)cc1)c1ccc(N(C)C)cc1)C1(c2ccc(Cl)cc2)OC(=O)c2cc(N(C)C)ccc21. The Bertz CT molecular complexity index is 1600. The third-order valence-electron chi connectivity index (χ3n) is 7.81. The van der Waals surface area contributed by atoms with E-state index in [-0.39, 0.29) is 5.97 Å². The molecule has 0 saturated heterocycles. The van der Waals surface area contributed by atoms with E-state index in [2.05, 4.69) is 64.9 Å². The monoisotopic (exact) mass is 577 g/mol. The van der Waals surface area contributed by atoms with Gasteiger partial charge >= 0.3 is 5.97 Å². The molecule has 1 atom stereocenters. The predicted octanol–water partition coefficient (Wildman–Crippen LogP) is 7.64. The Labute approximate surface area is 253 Å². The summed E-state index contributed by atoms with van der Waals surface area (Å²) in [4.78, 5) is 19.8. The number of rotatable bonds is 8. The van der Waals surface area contributed by atoms with Crippen LogP contribution in [0.3, 0.4) is 0 Å². The fourth-order valence-electron chi connectivity index (χ4n) is 5.54. The van der Waals surface area contributed by atoms with Crippen LogP contribution in [-0.2, 0) is 10.3 Å². The minimum Gasteiger partial charge on any atom is -0.441 e. The average Bonchev–Trinajstić information content (AvgIpc) is 3.28. The van der Waals surface area contributed by atoms with Gasteiger partial charge in [-0.2, -0.15) is 0 Å². The fourth-order valence-corrected chi connectivity index (χ4v) is 5.67. The minimum absolute atomic E-state index is 0.381. The van der Waals surface area contributed by atoms with Gasteiger partial charge in [0.05, 0.1) is 5.56 Å². The first-order chi connectivity index (χ1) is 20.1. The maximum atomic E-state index is 13.7. The molecule has 0 spiro atoms. The number of carbonyl (C=O) groups is 1. The molecule has 42 heavy (non-hydrogen) atoms. The van der Waals surface area contributed by atoms with E-state index in [1.807, 2.05) is 95.7 Å². The highest BCUT2D eigenvalue weighted by molar-refractivity contribution is 6.30. The summed E-state index contributed by atoms with van der Waals surface area (Å²) in [6, 6.07) is 30.2. The van der Waals surface area contributed by atoms with Crippen LogP contribution in [0.4, 0.5) is 17.1 Å². The quantitative estimate of drug-likeness (QED) is 0.159. The summed E-state index contributed by atoms with van der Waals surface area (Å²) in [6.45, 7) is 4.30. The van der Waals surface area contributed by atoms with Crippen molar-refractivity contribution in [3.63, 3.8) is 0 Å². The van der Waals surface area contributed by atoms with Crippen molar-refractivity contribution in [3.8, 4) is 0 Å². The van der Waals surface area contributed by atoms with Crippen LogP contribution in [0.15, 0.2) is 109 Å². The summed E-state index contributed by atoms with van der Waals surface area (Å²) in [5.41, 5.74) is 7.58. The van der Waals surface area contributed by atoms with Gasteiger partial charge in [0.2, 0.25) is 0 Å². The van der Waals surface area contributed by atoms with Gasteiger partial charge in [-0.3, -0.25) is 0 Å². The van der Waals surface area contributed by atoms with Crippen LogP contribution < -0.4 is 14.7 Å². The summed E-state index contributed by atoms with van der Waals surface area (Å²) < 4.78 is 6.53. The van der Waals surface area contributed by atoms with Gasteiger partial charge in [0.25, 0.3) is 0 Å². The van der Waals surface area contributed by atoms with Crippen LogP contribution in [0.5, 0.6) is 0 Å². The maximum absolute atomic E-state index is 13.7. The first-order valence-electron chi connectivity index (χ1n) is 13.8. The number of fused-ring (bicyclic) bond motifs is 1. The van der Waals surface area contributed by atoms with E-state index in [0.29, 0.717) is 10.6 Å². The van der Waals surface area contributed by atoms with Crippen molar-refractivity contribution in [2.45, 2.75) is 5.60 Å². The molecule has 0 aromatic heterocycles. The highest BCUT2D eigenvalue weighted by Gasteiger charge is 2.50. The van der Waals surface area contributed by atoms with Gasteiger partial charge in [-0.15, -0.1) is 0 Å². The topological polar surface area (TPSA) is 36.0 Å². The van der Waals surface area contributed by atoms with E-state index in [1.54, 1.807) is 0 Å². The first-order valence-corrected chi connectivity index (χ1v) is 14.2. The molecule has 0 amide bonds. The Morgan fingerprint density at radius 3 is 1.64 bits per heavy atom. The van der Waals surface area contributed by atoms with Gasteiger partial charge in [0.15, 0.2) is 5.60 Å². The molecule has 0 N–H and O–H groups in total. The molecule has 0 fully saturated rings. The molecule has 4 aromatic carbocycles. The van der Waals surface area contributed by atoms with E-state index in [1.165, 1.54) is 0 Å². The Balaban J connectivity index is 1.88. The normalized spacial score (nSPS) is 15.5. The second kappa shape index (κ2) is 11.4. The van der Waals surface area contributed by atoms with Crippen LogP contribution in [-0.4, -0.2) is 48.3 Å². The summed E-state index contributed by atoms with van der Waals surface area (Å²) >= 11 is 6.34. The van der Waals surface area contributed by atoms with Crippen LogP contribution >= 0.6 is 11.6 Å². The second-order valence-electron chi connectivity index (χ2n) is 11.1. The molecule has 1 aliphatic rings. The van der Waals surface area contributed by atoms with Crippen molar-refractivity contribution < 1.29 is 9.53 Å². The van der Waals surface area contributed by atoms with Gasteiger partial charge in [0.1, 0.15) is 0 Å². The predicted molar refractivity (Wildman–Crippen MR) is 176 cm³/mol. The van der Waals surface area contributed by atoms with Crippen LogP contribution in [0.2, 0.25) is 5.02 Å². The number of benzene rings is 4. The minimum atomic E-state index is -1.25. The van der Waals surface area contributed by atoms with Crippen molar-refractivity contribution in [2.75, 3.05) is 57.0 Å². The number of halogens is 1. The van der Waals surface area contributed by atoms with Crippen LogP contribution in [0.25, 0.3) is 5.57 Å². The maximum Gasteiger partial charge on any atom is 0.340 e. The number of esters is 1. The smallest absolute Gasteiger partial charge is 0.340 e. The lowest BCUT2D eigenvalue weighted by molar-refractivity contribution is 0.0251. The molecule has 0 saturated carbocycles.